The Kier molecular flexibility index (Phi) is 2.96. The Bertz CT molecular complexity index is 729. The zero-order valence-electron chi connectivity index (χ0n) is 10.9. The molecule has 0 saturated carbocycles. The number of rotatable bonds is 2. The van der Waals surface area contributed by atoms with Crippen LogP contribution in [0.4, 0.5) is 0 Å². The summed E-state index contributed by atoms with van der Waals surface area (Å²) < 4.78 is 5.44. The van der Waals surface area contributed by atoms with Gasteiger partial charge in [0, 0.05) is 5.56 Å². The minimum absolute atomic E-state index is 0.877. The second kappa shape index (κ2) is 4.77. The van der Waals surface area contributed by atoms with Crippen molar-refractivity contribution in [2.75, 3.05) is 7.11 Å². The summed E-state index contributed by atoms with van der Waals surface area (Å²) in [4.78, 5) is 0. The van der Waals surface area contributed by atoms with Gasteiger partial charge in [-0.3, -0.25) is 0 Å². The number of ether oxygens (including phenoxy) is 1. The van der Waals surface area contributed by atoms with Crippen molar-refractivity contribution in [3.8, 4) is 16.9 Å². The van der Waals surface area contributed by atoms with Gasteiger partial charge in [-0.1, -0.05) is 54.6 Å². The maximum Gasteiger partial charge on any atom is 0.126 e. The molecule has 1 nitrogen and oxygen atoms in total. The van der Waals surface area contributed by atoms with Crippen molar-refractivity contribution in [2.45, 2.75) is 0 Å². The third kappa shape index (κ3) is 1.97. The maximum absolute atomic E-state index is 5.44. The molecule has 3 aromatic carbocycles. The topological polar surface area (TPSA) is 9.23 Å². The van der Waals surface area contributed by atoms with Gasteiger partial charge in [-0.25, -0.2) is 0 Å². The lowest BCUT2D eigenvalue weighted by Gasteiger charge is -2.12. The molecular formula is C18H15O. The van der Waals surface area contributed by atoms with Gasteiger partial charge in [-0.05, 0) is 34.9 Å². The lowest BCUT2D eigenvalue weighted by atomic mass is 9.95. The molecule has 0 aromatic heterocycles. The SMILES string of the molecule is [CH2]c1c(-c2ccccc2OC)ccc2ccccc12. The summed E-state index contributed by atoms with van der Waals surface area (Å²) in [5.74, 6) is 0.877. The molecule has 93 valence electrons. The van der Waals surface area contributed by atoms with E-state index in [0.29, 0.717) is 0 Å². The van der Waals surface area contributed by atoms with Crippen LogP contribution in [-0.4, -0.2) is 7.11 Å². The van der Waals surface area contributed by atoms with Gasteiger partial charge in [0.05, 0.1) is 7.11 Å². The van der Waals surface area contributed by atoms with Crippen LogP contribution in [-0.2, 0) is 0 Å². The molecule has 0 aliphatic heterocycles. The summed E-state index contributed by atoms with van der Waals surface area (Å²) >= 11 is 0. The molecule has 3 rings (SSSR count). The van der Waals surface area contributed by atoms with Crippen molar-refractivity contribution in [1.29, 1.82) is 0 Å². The maximum atomic E-state index is 5.44. The Hall–Kier alpha value is -2.28. The molecule has 0 saturated heterocycles. The van der Waals surface area contributed by atoms with Gasteiger partial charge in [0.2, 0.25) is 0 Å². The highest BCUT2D eigenvalue weighted by Gasteiger charge is 2.09. The van der Waals surface area contributed by atoms with Gasteiger partial charge in [0.1, 0.15) is 5.75 Å². The van der Waals surface area contributed by atoms with Crippen LogP contribution in [0.1, 0.15) is 5.56 Å². The Balaban J connectivity index is 2.28. The lowest BCUT2D eigenvalue weighted by Crippen LogP contribution is -1.90. The van der Waals surface area contributed by atoms with E-state index in [1.54, 1.807) is 7.11 Å². The van der Waals surface area contributed by atoms with Crippen LogP contribution in [0.2, 0.25) is 0 Å². The van der Waals surface area contributed by atoms with E-state index in [1.165, 1.54) is 10.8 Å². The number of methoxy groups -OCH3 is 1. The van der Waals surface area contributed by atoms with Gasteiger partial charge in [-0.15, -0.1) is 0 Å². The van der Waals surface area contributed by atoms with Crippen LogP contribution in [0.15, 0.2) is 60.7 Å². The predicted octanol–water partition coefficient (Wildman–Crippen LogP) is 4.70. The zero-order valence-corrected chi connectivity index (χ0v) is 10.9. The first-order chi connectivity index (χ1) is 9.31. The normalized spacial score (nSPS) is 10.6. The van der Waals surface area contributed by atoms with Crippen LogP contribution in [0.3, 0.4) is 0 Å². The second-order valence-corrected chi connectivity index (χ2v) is 4.51. The summed E-state index contributed by atoms with van der Waals surface area (Å²) in [5, 5.41) is 2.40. The number of hydrogen-bond acceptors (Lipinski definition) is 1. The highest BCUT2D eigenvalue weighted by molar-refractivity contribution is 5.93. The summed E-state index contributed by atoms with van der Waals surface area (Å²) in [6, 6.07) is 20.6. The van der Waals surface area contributed by atoms with E-state index in [0.717, 1.165) is 22.4 Å². The van der Waals surface area contributed by atoms with E-state index < -0.39 is 0 Å². The minimum Gasteiger partial charge on any atom is -0.496 e. The molecule has 1 radical (unpaired) electrons. The van der Waals surface area contributed by atoms with Gasteiger partial charge >= 0.3 is 0 Å². The quantitative estimate of drug-likeness (QED) is 0.638. The van der Waals surface area contributed by atoms with E-state index >= 15 is 0 Å². The van der Waals surface area contributed by atoms with Gasteiger partial charge in [0.25, 0.3) is 0 Å². The first-order valence-corrected chi connectivity index (χ1v) is 6.28. The number of fused-ring (bicyclic) bond motifs is 1. The third-order valence-corrected chi connectivity index (χ3v) is 3.44. The van der Waals surface area contributed by atoms with Gasteiger partial charge in [-0.2, -0.15) is 0 Å². The molecule has 0 aliphatic rings. The molecule has 0 unspecified atom stereocenters. The lowest BCUT2D eigenvalue weighted by molar-refractivity contribution is 0.416. The number of hydrogen-bond donors (Lipinski definition) is 0. The zero-order chi connectivity index (χ0) is 13.2. The van der Waals surface area contributed by atoms with Crippen LogP contribution in [0.25, 0.3) is 21.9 Å². The van der Waals surface area contributed by atoms with E-state index in [2.05, 4.69) is 37.3 Å². The second-order valence-electron chi connectivity index (χ2n) is 4.51. The average molecular weight is 247 g/mol. The Morgan fingerprint density at radius 2 is 1.53 bits per heavy atom. The molecule has 0 heterocycles. The first kappa shape index (κ1) is 11.8. The fourth-order valence-electron chi connectivity index (χ4n) is 2.46. The number of benzene rings is 3. The molecule has 0 amide bonds. The van der Waals surface area contributed by atoms with Crippen molar-refractivity contribution in [3.05, 3.63) is 73.2 Å². The molecule has 0 spiro atoms. The Morgan fingerprint density at radius 1 is 0.789 bits per heavy atom. The van der Waals surface area contributed by atoms with Gasteiger partial charge < -0.3 is 4.74 Å². The van der Waals surface area contributed by atoms with Crippen molar-refractivity contribution in [2.24, 2.45) is 0 Å². The van der Waals surface area contributed by atoms with Crippen molar-refractivity contribution < 1.29 is 4.74 Å². The largest absolute Gasteiger partial charge is 0.496 e. The molecule has 0 fully saturated rings. The van der Waals surface area contributed by atoms with E-state index in [1.807, 2.05) is 30.3 Å². The predicted molar refractivity (Wildman–Crippen MR) is 80.4 cm³/mol. The fraction of sp³-hybridized carbons (Fsp3) is 0.0556. The number of para-hydroxylation sites is 1. The van der Waals surface area contributed by atoms with Crippen LogP contribution < -0.4 is 4.74 Å². The van der Waals surface area contributed by atoms with Crippen LogP contribution in [0.5, 0.6) is 5.75 Å². The summed E-state index contributed by atoms with van der Waals surface area (Å²) in [5.41, 5.74) is 3.25. The minimum atomic E-state index is 0.877. The van der Waals surface area contributed by atoms with Crippen molar-refractivity contribution >= 4 is 10.8 Å². The third-order valence-electron chi connectivity index (χ3n) is 3.44. The standard InChI is InChI=1S/C18H15O/c1-13-15-8-4-3-7-14(15)11-12-16(13)17-9-5-6-10-18(17)19-2/h3-12H,1H2,2H3. The molecule has 1 heteroatoms. The smallest absolute Gasteiger partial charge is 0.126 e. The monoisotopic (exact) mass is 247 g/mol. The Morgan fingerprint density at radius 3 is 2.37 bits per heavy atom. The van der Waals surface area contributed by atoms with Gasteiger partial charge in [0.15, 0.2) is 0 Å². The molecule has 3 aromatic rings. The van der Waals surface area contributed by atoms with Crippen molar-refractivity contribution in [1.82, 2.24) is 0 Å². The summed E-state index contributed by atoms with van der Waals surface area (Å²) in [6.07, 6.45) is 0. The molecule has 0 bridgehead atoms. The molecule has 0 N–H and O–H groups in total. The highest BCUT2D eigenvalue weighted by Crippen LogP contribution is 2.34. The van der Waals surface area contributed by atoms with E-state index in [9.17, 15) is 0 Å². The highest BCUT2D eigenvalue weighted by atomic mass is 16.5. The summed E-state index contributed by atoms with van der Waals surface area (Å²) in [6.45, 7) is 4.24. The van der Waals surface area contributed by atoms with Crippen molar-refractivity contribution in [3.63, 3.8) is 0 Å². The fourth-order valence-corrected chi connectivity index (χ4v) is 2.46. The molecular weight excluding hydrogens is 232 g/mol. The van der Waals surface area contributed by atoms with Crippen LogP contribution in [0, 0.1) is 6.92 Å². The molecule has 0 aliphatic carbocycles. The van der Waals surface area contributed by atoms with E-state index in [-0.39, 0.29) is 0 Å². The first-order valence-electron chi connectivity index (χ1n) is 6.28. The Labute approximate surface area is 113 Å². The molecule has 19 heavy (non-hydrogen) atoms. The average Bonchev–Trinajstić information content (AvgIpc) is 2.48. The van der Waals surface area contributed by atoms with Crippen LogP contribution >= 0.6 is 0 Å². The molecule has 0 atom stereocenters. The summed E-state index contributed by atoms with van der Waals surface area (Å²) in [7, 11) is 1.70. The van der Waals surface area contributed by atoms with E-state index in [4.69, 9.17) is 4.74 Å².